The molecule has 0 aliphatic carbocycles. The van der Waals surface area contributed by atoms with Crippen LogP contribution in [0.1, 0.15) is 19.8 Å². The summed E-state index contributed by atoms with van der Waals surface area (Å²) in [6, 6.07) is -0.327. The Kier molecular flexibility index (Phi) is 5.52. The monoisotopic (exact) mass is 149 g/mol. The molecular weight excluding hydrogens is 134 g/mol. The third-order valence-electron chi connectivity index (χ3n) is 1.42. The molecule has 0 amide bonds. The summed E-state index contributed by atoms with van der Waals surface area (Å²) < 4.78 is 0. The summed E-state index contributed by atoms with van der Waals surface area (Å²) in [5.74, 6) is 0. The van der Waals surface area contributed by atoms with Gasteiger partial charge in [0.2, 0.25) is 0 Å². The maximum atomic E-state index is 8.93. The largest absolute Gasteiger partial charge is 0.396 e. The van der Waals surface area contributed by atoms with Gasteiger partial charge in [-0.2, -0.15) is 5.48 Å². The van der Waals surface area contributed by atoms with Crippen molar-refractivity contribution in [1.82, 2.24) is 5.48 Å². The third kappa shape index (κ3) is 3.79. The first-order chi connectivity index (χ1) is 4.72. The highest BCUT2D eigenvalue weighted by Crippen LogP contribution is 2.00. The van der Waals surface area contributed by atoms with E-state index >= 15 is 0 Å². The number of hydrogen-bond donors (Lipinski definition) is 4. The second-order valence-electron chi connectivity index (χ2n) is 2.34. The average molecular weight is 149 g/mol. The molecule has 0 aliphatic heterocycles. The standard InChI is InChI=1S/C6H15NO3/c1-5(9)6(7-10)3-2-4-8/h5-10H,2-4H2,1H3. The molecule has 0 aromatic rings. The maximum Gasteiger partial charge on any atom is 0.0687 e. The van der Waals surface area contributed by atoms with Crippen molar-refractivity contribution in [2.75, 3.05) is 6.61 Å². The number of nitrogens with one attached hydrogen (secondary N) is 1. The fourth-order valence-electron chi connectivity index (χ4n) is 0.725. The number of aliphatic hydroxyl groups excluding tert-OH is 2. The first kappa shape index (κ1) is 9.84. The average Bonchev–Trinajstić information content (AvgIpc) is 1.89. The quantitative estimate of drug-likeness (QED) is 0.397. The van der Waals surface area contributed by atoms with Crippen molar-refractivity contribution in [3.8, 4) is 0 Å². The molecule has 0 bridgehead atoms. The normalized spacial score (nSPS) is 16.8. The van der Waals surface area contributed by atoms with E-state index in [1.165, 1.54) is 0 Å². The van der Waals surface area contributed by atoms with E-state index in [0.717, 1.165) is 0 Å². The molecule has 0 radical (unpaired) electrons. The maximum absolute atomic E-state index is 8.93. The van der Waals surface area contributed by atoms with E-state index < -0.39 is 6.10 Å². The van der Waals surface area contributed by atoms with Crippen molar-refractivity contribution in [3.05, 3.63) is 0 Å². The van der Waals surface area contributed by atoms with E-state index in [4.69, 9.17) is 15.4 Å². The molecule has 0 aromatic carbocycles. The first-order valence-electron chi connectivity index (χ1n) is 3.41. The molecular formula is C6H15NO3. The number of hydroxylamine groups is 1. The molecule has 4 nitrogen and oxygen atoms in total. The highest BCUT2D eigenvalue weighted by atomic mass is 16.5. The number of hydrogen-bond acceptors (Lipinski definition) is 4. The van der Waals surface area contributed by atoms with Gasteiger partial charge in [-0.15, -0.1) is 0 Å². The van der Waals surface area contributed by atoms with E-state index in [9.17, 15) is 0 Å². The molecule has 0 aliphatic rings. The highest BCUT2D eigenvalue weighted by molar-refractivity contribution is 4.67. The molecule has 0 saturated carbocycles. The van der Waals surface area contributed by atoms with Crippen molar-refractivity contribution in [2.45, 2.75) is 31.9 Å². The van der Waals surface area contributed by atoms with Crippen LogP contribution in [0, 0.1) is 0 Å². The molecule has 0 aromatic heterocycles. The van der Waals surface area contributed by atoms with Crippen LogP contribution in [0.25, 0.3) is 0 Å². The summed E-state index contributed by atoms with van der Waals surface area (Å²) in [7, 11) is 0. The van der Waals surface area contributed by atoms with Crippen molar-refractivity contribution < 1.29 is 15.4 Å². The summed E-state index contributed by atoms with van der Waals surface area (Å²) in [6.07, 6.45) is 0.574. The van der Waals surface area contributed by atoms with Crippen LogP contribution >= 0.6 is 0 Å². The zero-order valence-corrected chi connectivity index (χ0v) is 6.12. The van der Waals surface area contributed by atoms with Crippen LogP contribution in [0.2, 0.25) is 0 Å². The predicted octanol–water partition coefficient (Wildman–Crippen LogP) is -0.513. The van der Waals surface area contributed by atoms with Crippen molar-refractivity contribution in [2.24, 2.45) is 0 Å². The Hall–Kier alpha value is -0.160. The van der Waals surface area contributed by atoms with Crippen LogP contribution in [0.5, 0.6) is 0 Å². The molecule has 4 N–H and O–H groups in total. The minimum atomic E-state index is -0.587. The molecule has 10 heavy (non-hydrogen) atoms. The van der Waals surface area contributed by atoms with E-state index in [2.05, 4.69) is 0 Å². The second-order valence-corrected chi connectivity index (χ2v) is 2.34. The minimum absolute atomic E-state index is 0.0882. The van der Waals surface area contributed by atoms with Crippen LogP contribution < -0.4 is 5.48 Å². The summed E-state index contributed by atoms with van der Waals surface area (Å²) in [5, 5.41) is 25.8. The van der Waals surface area contributed by atoms with Gasteiger partial charge >= 0.3 is 0 Å². The number of aliphatic hydroxyl groups is 2. The first-order valence-corrected chi connectivity index (χ1v) is 3.41. The van der Waals surface area contributed by atoms with Crippen LogP contribution in [-0.4, -0.2) is 34.2 Å². The Morgan fingerprint density at radius 3 is 2.40 bits per heavy atom. The Balaban J connectivity index is 3.40. The van der Waals surface area contributed by atoms with E-state index in [1.807, 2.05) is 5.48 Å². The van der Waals surface area contributed by atoms with Crippen LogP contribution in [0.15, 0.2) is 0 Å². The third-order valence-corrected chi connectivity index (χ3v) is 1.42. The van der Waals surface area contributed by atoms with Gasteiger partial charge in [-0.3, -0.25) is 0 Å². The Labute approximate surface area is 60.5 Å². The zero-order chi connectivity index (χ0) is 7.98. The number of rotatable bonds is 5. The van der Waals surface area contributed by atoms with Crippen LogP contribution in [-0.2, 0) is 0 Å². The molecule has 2 atom stereocenters. The Bertz CT molecular complexity index is 77.4. The fourth-order valence-corrected chi connectivity index (χ4v) is 0.725. The highest BCUT2D eigenvalue weighted by Gasteiger charge is 2.11. The van der Waals surface area contributed by atoms with Crippen molar-refractivity contribution in [3.63, 3.8) is 0 Å². The summed E-state index contributed by atoms with van der Waals surface area (Å²) in [5.41, 5.74) is 1.98. The van der Waals surface area contributed by atoms with E-state index in [-0.39, 0.29) is 12.6 Å². The van der Waals surface area contributed by atoms with Crippen molar-refractivity contribution >= 4 is 0 Å². The van der Waals surface area contributed by atoms with Gasteiger partial charge in [0.15, 0.2) is 0 Å². The second kappa shape index (κ2) is 5.61. The van der Waals surface area contributed by atoms with Gasteiger partial charge in [-0.25, -0.2) is 0 Å². The molecule has 62 valence electrons. The van der Waals surface area contributed by atoms with Gasteiger partial charge in [0, 0.05) is 6.61 Å². The molecule has 4 heteroatoms. The van der Waals surface area contributed by atoms with Gasteiger partial charge in [-0.1, -0.05) is 0 Å². The Morgan fingerprint density at radius 2 is 2.10 bits per heavy atom. The van der Waals surface area contributed by atoms with Crippen molar-refractivity contribution in [1.29, 1.82) is 0 Å². The lowest BCUT2D eigenvalue weighted by Gasteiger charge is -2.16. The molecule has 0 fully saturated rings. The van der Waals surface area contributed by atoms with E-state index in [0.29, 0.717) is 12.8 Å². The SMILES string of the molecule is CC(O)C(CCCO)NO. The topological polar surface area (TPSA) is 72.7 Å². The fraction of sp³-hybridized carbons (Fsp3) is 1.00. The molecule has 0 spiro atoms. The molecule has 0 rings (SSSR count). The van der Waals surface area contributed by atoms with Gasteiger partial charge in [0.1, 0.15) is 0 Å². The summed E-state index contributed by atoms with van der Waals surface area (Å²) >= 11 is 0. The summed E-state index contributed by atoms with van der Waals surface area (Å²) in [6.45, 7) is 1.68. The van der Waals surface area contributed by atoms with Gasteiger partial charge < -0.3 is 15.4 Å². The van der Waals surface area contributed by atoms with Gasteiger partial charge in [-0.05, 0) is 19.8 Å². The molecule has 2 unspecified atom stereocenters. The van der Waals surface area contributed by atoms with Crippen LogP contribution in [0.3, 0.4) is 0 Å². The smallest absolute Gasteiger partial charge is 0.0687 e. The van der Waals surface area contributed by atoms with Gasteiger partial charge in [0.25, 0.3) is 0 Å². The lowest BCUT2D eigenvalue weighted by Crippen LogP contribution is -2.36. The Morgan fingerprint density at radius 1 is 1.50 bits per heavy atom. The van der Waals surface area contributed by atoms with Crippen LogP contribution in [0.4, 0.5) is 0 Å². The van der Waals surface area contributed by atoms with E-state index in [1.54, 1.807) is 6.92 Å². The molecule has 0 saturated heterocycles. The summed E-state index contributed by atoms with van der Waals surface area (Å²) in [4.78, 5) is 0. The lowest BCUT2D eigenvalue weighted by atomic mass is 10.1. The molecule has 0 heterocycles. The predicted molar refractivity (Wildman–Crippen MR) is 36.7 cm³/mol. The van der Waals surface area contributed by atoms with Gasteiger partial charge in [0.05, 0.1) is 12.1 Å². The minimum Gasteiger partial charge on any atom is -0.396 e. The lowest BCUT2D eigenvalue weighted by molar-refractivity contribution is 0.0419. The zero-order valence-electron chi connectivity index (χ0n) is 6.12.